The third kappa shape index (κ3) is 3.13. The number of halogens is 1. The van der Waals surface area contributed by atoms with Crippen molar-refractivity contribution in [2.75, 3.05) is 10.6 Å². The van der Waals surface area contributed by atoms with E-state index in [4.69, 9.17) is 11.6 Å². The number of thiophene rings is 1. The molecule has 3 aromatic rings. The second-order valence-electron chi connectivity index (χ2n) is 7.24. The summed E-state index contributed by atoms with van der Waals surface area (Å²) >= 11 is 7.73. The largest absolute Gasteiger partial charge is 0.372 e. The molecule has 1 aromatic heterocycles. The predicted molar refractivity (Wildman–Crippen MR) is 116 cm³/mol. The number of benzene rings is 2. The summed E-state index contributed by atoms with van der Waals surface area (Å²) in [6.45, 7) is 0. The monoisotopic (exact) mass is 406 g/mol. The lowest BCUT2D eigenvalue weighted by molar-refractivity contribution is -0.116. The van der Waals surface area contributed by atoms with E-state index in [1.165, 1.54) is 0 Å². The molecule has 0 unspecified atom stereocenters. The van der Waals surface area contributed by atoms with Crippen molar-refractivity contribution in [3.63, 3.8) is 0 Å². The van der Waals surface area contributed by atoms with E-state index in [2.05, 4.69) is 34.2 Å². The maximum absolute atomic E-state index is 13.3. The number of ketones is 1. The molecule has 0 radical (unpaired) electrons. The first-order chi connectivity index (χ1) is 13.7. The minimum atomic E-state index is -0.121. The van der Waals surface area contributed by atoms with E-state index in [1.807, 2.05) is 42.5 Å². The smallest absolute Gasteiger partial charge is 0.163 e. The Morgan fingerprint density at radius 2 is 1.71 bits per heavy atom. The van der Waals surface area contributed by atoms with Crippen LogP contribution in [0.5, 0.6) is 0 Å². The number of carbonyl (C=O) groups is 1. The standard InChI is InChI=1S/C23H19ClN2OS/c24-16-9-7-14(8-10-16)15-12-19-22(20(27)13-15)23(21-6-3-11-28-21)26-18-5-2-1-4-17(18)25-19/h1-11,15,23,25-26H,12-13H2/t15-,23-/m1/s1. The molecule has 28 heavy (non-hydrogen) atoms. The second kappa shape index (κ2) is 7.12. The first-order valence-corrected chi connectivity index (χ1v) is 10.6. The van der Waals surface area contributed by atoms with Gasteiger partial charge in [0.1, 0.15) is 0 Å². The van der Waals surface area contributed by atoms with E-state index in [9.17, 15) is 4.79 Å². The summed E-state index contributed by atoms with van der Waals surface area (Å²) in [4.78, 5) is 14.5. The molecule has 2 atom stereocenters. The Kier molecular flexibility index (Phi) is 4.46. The molecule has 0 spiro atoms. The highest BCUT2D eigenvalue weighted by Gasteiger charge is 2.36. The number of hydrogen-bond donors (Lipinski definition) is 2. The molecule has 140 valence electrons. The summed E-state index contributed by atoms with van der Waals surface area (Å²) in [5, 5.41) is 9.95. The van der Waals surface area contributed by atoms with Crippen molar-refractivity contribution in [1.82, 2.24) is 0 Å². The van der Waals surface area contributed by atoms with Crippen LogP contribution in [0, 0.1) is 0 Å². The molecule has 2 aromatic carbocycles. The summed E-state index contributed by atoms with van der Waals surface area (Å²) in [7, 11) is 0. The zero-order valence-electron chi connectivity index (χ0n) is 15.1. The molecule has 5 rings (SSSR count). The van der Waals surface area contributed by atoms with Gasteiger partial charge in [0.15, 0.2) is 5.78 Å². The first kappa shape index (κ1) is 17.5. The maximum Gasteiger partial charge on any atom is 0.163 e. The van der Waals surface area contributed by atoms with Gasteiger partial charge in [-0.15, -0.1) is 11.3 Å². The number of para-hydroxylation sites is 2. The highest BCUT2D eigenvalue weighted by Crippen LogP contribution is 2.44. The van der Waals surface area contributed by atoms with Crippen LogP contribution in [-0.2, 0) is 4.79 Å². The van der Waals surface area contributed by atoms with Gasteiger partial charge in [-0.25, -0.2) is 0 Å². The number of nitrogens with one attached hydrogen (secondary N) is 2. The molecule has 5 heteroatoms. The summed E-state index contributed by atoms with van der Waals surface area (Å²) < 4.78 is 0. The van der Waals surface area contributed by atoms with Crippen LogP contribution in [0.25, 0.3) is 0 Å². The van der Waals surface area contributed by atoms with Crippen molar-refractivity contribution in [2.24, 2.45) is 0 Å². The lowest BCUT2D eigenvalue weighted by atomic mass is 9.79. The van der Waals surface area contributed by atoms with Crippen molar-refractivity contribution < 1.29 is 4.79 Å². The van der Waals surface area contributed by atoms with Crippen LogP contribution in [0.4, 0.5) is 11.4 Å². The molecule has 0 fully saturated rings. The van der Waals surface area contributed by atoms with Crippen molar-refractivity contribution in [3.8, 4) is 0 Å². The van der Waals surface area contributed by atoms with Gasteiger partial charge in [-0.3, -0.25) is 4.79 Å². The number of Topliss-reactive ketones (excluding diaryl/α,β-unsaturated/α-hetero) is 1. The molecule has 1 aliphatic heterocycles. The van der Waals surface area contributed by atoms with Crippen LogP contribution in [0.1, 0.15) is 35.2 Å². The van der Waals surface area contributed by atoms with E-state index in [1.54, 1.807) is 11.3 Å². The van der Waals surface area contributed by atoms with Crippen molar-refractivity contribution in [1.29, 1.82) is 0 Å². The third-order valence-electron chi connectivity index (χ3n) is 5.48. The lowest BCUT2D eigenvalue weighted by Gasteiger charge is -2.29. The fourth-order valence-corrected chi connectivity index (χ4v) is 5.04. The van der Waals surface area contributed by atoms with Gasteiger partial charge in [0.25, 0.3) is 0 Å². The topological polar surface area (TPSA) is 41.1 Å². The van der Waals surface area contributed by atoms with Gasteiger partial charge in [-0.1, -0.05) is 41.9 Å². The van der Waals surface area contributed by atoms with Gasteiger partial charge < -0.3 is 10.6 Å². The van der Waals surface area contributed by atoms with Gasteiger partial charge in [0, 0.05) is 27.6 Å². The van der Waals surface area contributed by atoms with E-state index < -0.39 is 0 Å². The molecule has 0 bridgehead atoms. The Bertz CT molecular complexity index is 1060. The van der Waals surface area contributed by atoms with Gasteiger partial charge >= 0.3 is 0 Å². The summed E-state index contributed by atoms with van der Waals surface area (Å²) in [6.07, 6.45) is 1.32. The Balaban J connectivity index is 1.59. The van der Waals surface area contributed by atoms with Gasteiger partial charge in [-0.2, -0.15) is 0 Å². The SMILES string of the molecule is O=C1C[C@H](c2ccc(Cl)cc2)CC2=C1[C@@H](c1cccs1)Nc1ccccc1N2. The van der Waals surface area contributed by atoms with Crippen LogP contribution >= 0.6 is 22.9 Å². The lowest BCUT2D eigenvalue weighted by Crippen LogP contribution is -2.26. The Morgan fingerprint density at radius 3 is 2.46 bits per heavy atom. The molecular weight excluding hydrogens is 388 g/mol. The second-order valence-corrected chi connectivity index (χ2v) is 8.65. The minimum absolute atomic E-state index is 0.121. The van der Waals surface area contributed by atoms with Crippen LogP contribution in [0.3, 0.4) is 0 Å². The Hall–Kier alpha value is -2.56. The minimum Gasteiger partial charge on any atom is -0.372 e. The highest BCUT2D eigenvalue weighted by atomic mass is 35.5. The molecule has 2 heterocycles. The van der Waals surface area contributed by atoms with E-state index in [0.29, 0.717) is 11.4 Å². The average molecular weight is 407 g/mol. The zero-order chi connectivity index (χ0) is 19.1. The maximum atomic E-state index is 13.3. The summed E-state index contributed by atoms with van der Waals surface area (Å²) in [5.41, 5.74) is 5.07. The molecule has 2 aliphatic rings. The van der Waals surface area contributed by atoms with E-state index in [-0.39, 0.29) is 17.7 Å². The van der Waals surface area contributed by atoms with Crippen LogP contribution in [0.2, 0.25) is 5.02 Å². The van der Waals surface area contributed by atoms with Gasteiger partial charge in [0.2, 0.25) is 0 Å². The summed E-state index contributed by atoms with van der Waals surface area (Å²) in [6, 6.07) is 20.0. The number of fused-ring (bicyclic) bond motifs is 1. The molecule has 0 saturated carbocycles. The normalized spacial score (nSPS) is 21.2. The van der Waals surface area contributed by atoms with Crippen LogP contribution < -0.4 is 10.6 Å². The fourth-order valence-electron chi connectivity index (χ4n) is 4.13. The fraction of sp³-hybridized carbons (Fsp3) is 0.174. The number of hydrogen-bond acceptors (Lipinski definition) is 4. The number of allylic oxidation sites excluding steroid dienone is 1. The molecule has 2 N–H and O–H groups in total. The predicted octanol–water partition coefficient (Wildman–Crippen LogP) is 6.38. The molecule has 0 saturated heterocycles. The Morgan fingerprint density at radius 1 is 0.929 bits per heavy atom. The average Bonchev–Trinajstić information content (AvgIpc) is 3.17. The summed E-state index contributed by atoms with van der Waals surface area (Å²) in [5.74, 6) is 0.359. The van der Waals surface area contributed by atoms with Crippen LogP contribution in [-0.4, -0.2) is 5.78 Å². The van der Waals surface area contributed by atoms with Crippen molar-refractivity contribution in [3.05, 3.63) is 92.8 Å². The van der Waals surface area contributed by atoms with Gasteiger partial charge in [0.05, 0.1) is 17.4 Å². The van der Waals surface area contributed by atoms with Crippen molar-refractivity contribution >= 4 is 40.1 Å². The Labute approximate surface area is 173 Å². The number of anilines is 2. The van der Waals surface area contributed by atoms with Crippen molar-refractivity contribution in [2.45, 2.75) is 24.8 Å². The molecular formula is C23H19ClN2OS. The zero-order valence-corrected chi connectivity index (χ0v) is 16.7. The van der Waals surface area contributed by atoms with Crippen LogP contribution in [0.15, 0.2) is 77.3 Å². The third-order valence-corrected chi connectivity index (χ3v) is 6.67. The first-order valence-electron chi connectivity index (χ1n) is 9.37. The highest BCUT2D eigenvalue weighted by molar-refractivity contribution is 7.10. The molecule has 1 aliphatic carbocycles. The van der Waals surface area contributed by atoms with E-state index in [0.717, 1.165) is 39.5 Å². The quantitative estimate of drug-likeness (QED) is 0.518. The van der Waals surface area contributed by atoms with E-state index >= 15 is 0 Å². The number of rotatable bonds is 2. The van der Waals surface area contributed by atoms with Gasteiger partial charge in [-0.05, 0) is 53.6 Å². The molecule has 3 nitrogen and oxygen atoms in total. The number of carbonyl (C=O) groups excluding carboxylic acids is 1. The molecule has 0 amide bonds.